The molecule has 0 unspecified atom stereocenters. The van der Waals surface area contributed by atoms with Crippen molar-refractivity contribution in [1.29, 1.82) is 0 Å². The lowest BCUT2D eigenvalue weighted by Crippen LogP contribution is -2.60. The lowest BCUT2D eigenvalue weighted by atomic mass is 9.85. The van der Waals surface area contributed by atoms with E-state index in [1.165, 1.54) is 32.5 Å². The number of halogens is 5. The molecular formula is C69H89ClF4N12O14S4. The number of alkyl carbamates (subject to hydrolysis) is 1. The second-order valence-corrected chi connectivity index (χ2v) is 35.3. The van der Waals surface area contributed by atoms with Gasteiger partial charge in [-0.05, 0) is 117 Å². The molecule has 0 bridgehead atoms. The summed E-state index contributed by atoms with van der Waals surface area (Å²) in [6.45, 7) is 15.1. The molecule has 6 aliphatic rings. The molecule has 568 valence electrons. The first-order chi connectivity index (χ1) is 47.3. The smallest absolute Gasteiger partial charge is 0.408 e. The third-order valence-corrected chi connectivity index (χ3v) is 23.7. The number of para-hydroxylation sites is 4. The van der Waals surface area contributed by atoms with Crippen molar-refractivity contribution in [1.82, 2.24) is 55.1 Å². The number of carbonyl (C=O) groups excluding carboxylic acids is 7. The van der Waals surface area contributed by atoms with Crippen molar-refractivity contribution < 1.29 is 82.2 Å². The van der Waals surface area contributed by atoms with Crippen molar-refractivity contribution in [2.24, 2.45) is 28.4 Å². The number of alkyl halides is 4. The minimum absolute atomic E-state index is 0. The molecule has 12 rings (SSSR count). The monoisotopic (exact) mass is 1550 g/mol. The summed E-state index contributed by atoms with van der Waals surface area (Å²) in [6, 6.07) is 16.9. The van der Waals surface area contributed by atoms with Gasteiger partial charge in [0.1, 0.15) is 58.4 Å². The first-order valence-electron chi connectivity index (χ1n) is 32.9. The number of amides is 7. The van der Waals surface area contributed by atoms with Crippen LogP contribution in [0.1, 0.15) is 129 Å². The van der Waals surface area contributed by atoms with Gasteiger partial charge in [0.25, 0.3) is 11.8 Å². The second kappa shape index (κ2) is 30.9. The fourth-order valence-electron chi connectivity index (χ4n) is 12.2. The summed E-state index contributed by atoms with van der Waals surface area (Å²) in [5.41, 5.74) is 2.71. The number of hydrogen-bond acceptors (Lipinski definition) is 21. The molecule has 2 aromatic carbocycles. The minimum atomic E-state index is -4.14. The number of aromatic nitrogens is 4. The Balaban J connectivity index is 0.000000258. The summed E-state index contributed by atoms with van der Waals surface area (Å²) in [5, 5.41) is 9.61. The van der Waals surface area contributed by atoms with Gasteiger partial charge in [-0.1, -0.05) is 92.8 Å². The Bertz CT molecular complexity index is 4430. The van der Waals surface area contributed by atoms with E-state index in [-0.39, 0.29) is 65.0 Å². The van der Waals surface area contributed by atoms with E-state index in [0.29, 0.717) is 59.1 Å². The number of rotatable bonds is 21. The Morgan fingerprint density at radius 1 is 0.567 bits per heavy atom. The van der Waals surface area contributed by atoms with Crippen molar-refractivity contribution in [2.45, 2.75) is 205 Å². The predicted molar refractivity (Wildman–Crippen MR) is 386 cm³/mol. The summed E-state index contributed by atoms with van der Waals surface area (Å²) >= 11 is 2.84. The standard InChI is InChI=1S/C36H44F2N6O8S2.C31H36F2N6O6S2.2CH4.ClH/c1-34(2,3)27(41-33(48)52-35(4,5)6)31(46)44-18-19(51-30-26(25-12-9-15-53-25)39-22-10-7-8-11-23(22)40-30)16-24(44)29(45)42-36(17-21(36)28(37)38)32(47)43-54(49,50)20-13-14-20;1-30(2,3)24(34)28(41)39-15-16(45-27-23(22-9-6-12-46-22)35-19-7-4-5-8-20(19)36-27)13-21(39)26(40)37-31(14-18(31)25(32)33)29(42)38-47(43,44)17-10-11-17;;;/h7-12,15,19-21,24,27-28H,13-14,16-18H2,1-6H3,(H,41,48)(H,42,45)(H,43,47);4-9,12,16-18,21,24-25H,10-11,13-15,34H2,1-3H3,(H,37,40)(H,38,42);2*1H4;1H/t19-,21+,24+,27-,36-;16-,18+,21+,24-,31-;;;/m11.../s1. The molecule has 0 radical (unpaired) electrons. The van der Waals surface area contributed by atoms with Gasteiger partial charge in [0.2, 0.25) is 68.3 Å². The van der Waals surface area contributed by atoms with Crippen LogP contribution in [-0.2, 0) is 53.6 Å². The van der Waals surface area contributed by atoms with Gasteiger partial charge in [-0.2, -0.15) is 0 Å². The Morgan fingerprint density at radius 3 is 1.26 bits per heavy atom. The number of nitrogens with one attached hydrogen (secondary N) is 5. The summed E-state index contributed by atoms with van der Waals surface area (Å²) in [4.78, 5) is 119. The molecule has 6 aromatic rings. The Hall–Kier alpha value is -7.92. The van der Waals surface area contributed by atoms with Crippen LogP contribution >= 0.6 is 35.1 Å². The molecular weight excluding hydrogens is 1460 g/mol. The van der Waals surface area contributed by atoms with Gasteiger partial charge >= 0.3 is 6.09 Å². The molecule has 7 amide bonds. The minimum Gasteiger partial charge on any atom is -0.471 e. The van der Waals surface area contributed by atoms with Crippen molar-refractivity contribution in [2.75, 3.05) is 13.1 Å². The van der Waals surface area contributed by atoms with E-state index in [1.54, 1.807) is 86.6 Å². The third kappa shape index (κ3) is 18.0. The number of thiophene rings is 2. The van der Waals surface area contributed by atoms with E-state index in [4.69, 9.17) is 34.9 Å². The Labute approximate surface area is 615 Å². The lowest BCUT2D eigenvalue weighted by molar-refractivity contribution is -0.143. The highest BCUT2D eigenvalue weighted by atomic mass is 35.5. The van der Waals surface area contributed by atoms with Gasteiger partial charge in [-0.3, -0.25) is 38.2 Å². The van der Waals surface area contributed by atoms with Crippen LogP contribution < -0.4 is 40.6 Å². The number of carbonyl (C=O) groups is 7. The number of ether oxygens (including phenoxy) is 3. The van der Waals surface area contributed by atoms with Gasteiger partial charge in [-0.25, -0.2) is 59.1 Å². The average Bonchev–Trinajstić information content (AvgIpc) is 1.57. The van der Waals surface area contributed by atoms with Crippen LogP contribution in [0.2, 0.25) is 0 Å². The van der Waals surface area contributed by atoms with Crippen LogP contribution in [0.25, 0.3) is 43.2 Å². The second-order valence-electron chi connectivity index (χ2n) is 29.5. The van der Waals surface area contributed by atoms with E-state index >= 15 is 0 Å². The third-order valence-electron chi connectivity index (χ3n) is 18.3. The number of likely N-dealkylation sites (tertiary alicyclic amines) is 2. The zero-order valence-electron chi connectivity index (χ0n) is 57.1. The highest BCUT2D eigenvalue weighted by Crippen LogP contribution is 2.50. The summed E-state index contributed by atoms with van der Waals surface area (Å²) in [7, 11) is -8.21. The molecule has 4 aromatic heterocycles. The quantitative estimate of drug-likeness (QED) is 0.0366. The average molecular weight is 1550 g/mol. The zero-order valence-corrected chi connectivity index (χ0v) is 61.2. The molecule has 7 N–H and O–H groups in total. The zero-order chi connectivity index (χ0) is 73.3. The van der Waals surface area contributed by atoms with Crippen LogP contribution in [0, 0.1) is 22.7 Å². The Kier molecular flexibility index (Phi) is 24.3. The SMILES string of the molecule is C.C.CC(C)(C)OC(=O)N[C@H](C(=O)N1C[C@H](Oc2nc3ccccc3nc2-c2cccs2)C[C@H]1C(=O)N[C@]1(C(=O)NS(=O)(=O)C2CC2)C[C@H]1C(F)F)C(C)(C)C.CC(C)(C)[C@H](N)C(=O)N1C[C@H](Oc2nc3ccccc3nc2-c2cccs2)C[C@H]1C(=O)N[C@]1(C(=O)NS(=O)(=O)C2CC2)C[C@H]1C(F)F.Cl. The number of fused-ring (bicyclic) bond motifs is 2. The summed E-state index contributed by atoms with van der Waals surface area (Å²) in [5.74, 6) is -8.54. The van der Waals surface area contributed by atoms with Crippen LogP contribution in [0.5, 0.6) is 11.8 Å². The predicted octanol–water partition coefficient (Wildman–Crippen LogP) is 8.92. The van der Waals surface area contributed by atoms with E-state index in [2.05, 4.69) is 20.9 Å². The van der Waals surface area contributed by atoms with Crippen molar-refractivity contribution in [3.05, 3.63) is 83.6 Å². The summed E-state index contributed by atoms with van der Waals surface area (Å²) < 4.78 is 128. The number of nitrogens with two attached hydrogens (primary N) is 1. The molecule has 10 atom stereocenters. The molecule has 2 saturated heterocycles. The number of hydrogen-bond donors (Lipinski definition) is 6. The fraction of sp³-hybridized carbons (Fsp3) is 0.551. The van der Waals surface area contributed by atoms with Gasteiger partial charge in [0.05, 0.1) is 73.3 Å². The van der Waals surface area contributed by atoms with E-state index in [1.807, 2.05) is 68.7 Å². The van der Waals surface area contributed by atoms with E-state index < -0.39 is 173 Å². The molecule has 6 heterocycles. The molecule has 2 aliphatic heterocycles. The molecule has 26 nitrogen and oxygen atoms in total. The number of sulfonamides is 2. The maximum atomic E-state index is 14.5. The lowest BCUT2D eigenvalue weighted by Gasteiger charge is -2.36. The van der Waals surface area contributed by atoms with Gasteiger partial charge in [-0.15, -0.1) is 35.1 Å². The normalized spacial score (nSPS) is 23.5. The van der Waals surface area contributed by atoms with Crippen molar-refractivity contribution in [3.8, 4) is 32.9 Å². The maximum Gasteiger partial charge on any atom is 0.408 e. The maximum absolute atomic E-state index is 14.5. The molecule has 4 saturated carbocycles. The van der Waals surface area contributed by atoms with Crippen LogP contribution in [0.3, 0.4) is 0 Å². The van der Waals surface area contributed by atoms with Crippen LogP contribution in [0.4, 0.5) is 22.4 Å². The highest BCUT2D eigenvalue weighted by molar-refractivity contribution is 7.91. The van der Waals surface area contributed by atoms with Crippen molar-refractivity contribution >= 4 is 119 Å². The molecule has 0 spiro atoms. The Morgan fingerprint density at radius 2 is 0.942 bits per heavy atom. The molecule has 35 heteroatoms. The molecule has 4 aliphatic carbocycles. The topological polar surface area (TPSA) is 360 Å². The number of nitrogens with zero attached hydrogens (tertiary/aromatic N) is 6. The van der Waals surface area contributed by atoms with E-state index in [9.17, 15) is 68.0 Å². The van der Waals surface area contributed by atoms with E-state index in [0.717, 1.165) is 9.75 Å². The van der Waals surface area contributed by atoms with Gasteiger partial charge in [0, 0.05) is 12.8 Å². The first kappa shape index (κ1) is 81.7. The highest BCUT2D eigenvalue weighted by Gasteiger charge is 2.68. The first-order valence-corrected chi connectivity index (χ1v) is 37.8. The van der Waals surface area contributed by atoms with Crippen molar-refractivity contribution in [3.63, 3.8) is 0 Å². The largest absolute Gasteiger partial charge is 0.471 e. The van der Waals surface area contributed by atoms with Gasteiger partial charge < -0.3 is 45.7 Å². The fourth-order valence-corrected chi connectivity index (χ4v) is 16.4. The molecule has 6 fully saturated rings. The van der Waals surface area contributed by atoms with Crippen LogP contribution in [-0.4, -0.2) is 178 Å². The van der Waals surface area contributed by atoms with Crippen LogP contribution in [0.15, 0.2) is 83.6 Å². The summed E-state index contributed by atoms with van der Waals surface area (Å²) in [6.07, 6.45) is -8.48. The van der Waals surface area contributed by atoms with Gasteiger partial charge in [0.15, 0.2) is 0 Å². The molecule has 104 heavy (non-hydrogen) atoms. The number of benzene rings is 2.